The first-order valence-corrected chi connectivity index (χ1v) is 7.33. The molecule has 3 rings (SSSR count). The van der Waals surface area contributed by atoms with E-state index >= 15 is 0 Å². The largest absolute Gasteiger partial charge is 0.385 e. The molecule has 0 radical (unpaired) electrons. The number of nitrogens with zero attached hydrogens (tertiary/aromatic N) is 1. The van der Waals surface area contributed by atoms with Crippen LogP contribution in [-0.4, -0.2) is 22.0 Å². The highest BCUT2D eigenvalue weighted by Gasteiger charge is 2.28. The highest BCUT2D eigenvalue weighted by molar-refractivity contribution is 6.01. The smallest absolute Gasteiger partial charge is 0.193 e. The van der Waals surface area contributed by atoms with Crippen molar-refractivity contribution in [1.29, 1.82) is 0 Å². The number of pyridine rings is 1. The minimum absolute atomic E-state index is 0.114. The van der Waals surface area contributed by atoms with E-state index in [-0.39, 0.29) is 11.7 Å². The number of ketones is 1. The summed E-state index contributed by atoms with van der Waals surface area (Å²) in [5, 5.41) is 11.2. The zero-order valence-corrected chi connectivity index (χ0v) is 11.5. The Bertz CT molecular complexity index is 617. The molecule has 1 N–H and O–H groups in total. The van der Waals surface area contributed by atoms with E-state index in [0.717, 1.165) is 36.6 Å². The molecule has 0 aliphatic heterocycles. The van der Waals surface area contributed by atoms with E-state index in [0.29, 0.717) is 5.56 Å². The van der Waals surface area contributed by atoms with Gasteiger partial charge in [-0.1, -0.05) is 37.5 Å². The molecule has 1 aliphatic rings. The van der Waals surface area contributed by atoms with Crippen molar-refractivity contribution in [3.8, 4) is 0 Å². The standard InChI is InChI=1S/C17H19NO2/c19-16(12-6-2-1-3-7-12)17(20)14-10-13-8-4-5-9-15(13)18-11-14/h4-5,8-12,16,19H,1-3,6-7H2. The molecule has 0 amide bonds. The average Bonchev–Trinajstić information content (AvgIpc) is 2.54. The van der Waals surface area contributed by atoms with E-state index in [1.807, 2.05) is 30.3 Å². The van der Waals surface area contributed by atoms with Crippen LogP contribution in [0.5, 0.6) is 0 Å². The van der Waals surface area contributed by atoms with Gasteiger partial charge in [0.1, 0.15) is 6.10 Å². The van der Waals surface area contributed by atoms with Crippen LogP contribution in [0.25, 0.3) is 10.9 Å². The molecule has 20 heavy (non-hydrogen) atoms. The normalized spacial score (nSPS) is 18.1. The second-order valence-electron chi connectivity index (χ2n) is 5.62. The van der Waals surface area contributed by atoms with Crippen LogP contribution in [0.3, 0.4) is 0 Å². The number of aromatic nitrogens is 1. The number of hydrogen-bond acceptors (Lipinski definition) is 3. The van der Waals surface area contributed by atoms with E-state index in [4.69, 9.17) is 0 Å². The molecular formula is C17H19NO2. The van der Waals surface area contributed by atoms with Gasteiger partial charge in [-0.2, -0.15) is 0 Å². The lowest BCUT2D eigenvalue weighted by molar-refractivity contribution is 0.0534. The lowest BCUT2D eigenvalue weighted by Gasteiger charge is -2.25. The minimum Gasteiger partial charge on any atom is -0.385 e. The Morgan fingerprint density at radius 3 is 2.75 bits per heavy atom. The summed E-state index contributed by atoms with van der Waals surface area (Å²) < 4.78 is 0. The number of fused-ring (bicyclic) bond motifs is 1. The van der Waals surface area contributed by atoms with Crippen LogP contribution in [0.4, 0.5) is 0 Å². The minimum atomic E-state index is -0.877. The summed E-state index contributed by atoms with van der Waals surface area (Å²) in [5.74, 6) is -0.0714. The van der Waals surface area contributed by atoms with Gasteiger partial charge in [-0.15, -0.1) is 0 Å². The van der Waals surface area contributed by atoms with Crippen molar-refractivity contribution >= 4 is 16.7 Å². The molecule has 104 valence electrons. The molecule has 1 heterocycles. The van der Waals surface area contributed by atoms with Crippen molar-refractivity contribution in [2.45, 2.75) is 38.2 Å². The van der Waals surface area contributed by atoms with E-state index in [2.05, 4.69) is 4.98 Å². The van der Waals surface area contributed by atoms with Crippen LogP contribution in [0.2, 0.25) is 0 Å². The molecule has 1 fully saturated rings. The summed E-state index contributed by atoms with van der Waals surface area (Å²) in [7, 11) is 0. The Kier molecular flexibility index (Phi) is 3.79. The summed E-state index contributed by atoms with van der Waals surface area (Å²) >= 11 is 0. The first-order chi connectivity index (χ1) is 9.75. The van der Waals surface area contributed by atoms with Gasteiger partial charge >= 0.3 is 0 Å². The van der Waals surface area contributed by atoms with Crippen molar-refractivity contribution in [1.82, 2.24) is 4.98 Å². The Morgan fingerprint density at radius 1 is 1.20 bits per heavy atom. The third-order valence-corrected chi connectivity index (χ3v) is 4.24. The van der Waals surface area contributed by atoms with Gasteiger partial charge in [0.25, 0.3) is 0 Å². The SMILES string of the molecule is O=C(c1cnc2ccccc2c1)C(O)C1CCCCC1. The predicted molar refractivity (Wildman–Crippen MR) is 78.7 cm³/mol. The monoisotopic (exact) mass is 269 g/mol. The predicted octanol–water partition coefficient (Wildman–Crippen LogP) is 3.36. The third kappa shape index (κ3) is 2.59. The van der Waals surface area contributed by atoms with Crippen molar-refractivity contribution in [3.05, 3.63) is 42.1 Å². The van der Waals surface area contributed by atoms with Crippen LogP contribution in [0.1, 0.15) is 42.5 Å². The van der Waals surface area contributed by atoms with Gasteiger partial charge in [0.15, 0.2) is 5.78 Å². The fourth-order valence-corrected chi connectivity index (χ4v) is 3.04. The zero-order chi connectivity index (χ0) is 13.9. The van der Waals surface area contributed by atoms with Crippen LogP contribution < -0.4 is 0 Å². The first-order valence-electron chi connectivity index (χ1n) is 7.33. The van der Waals surface area contributed by atoms with Crippen LogP contribution in [0.15, 0.2) is 36.5 Å². The molecule has 0 bridgehead atoms. The van der Waals surface area contributed by atoms with Crippen LogP contribution in [0, 0.1) is 5.92 Å². The Morgan fingerprint density at radius 2 is 1.95 bits per heavy atom. The number of aliphatic hydroxyl groups is 1. The molecule has 2 aromatic rings. The van der Waals surface area contributed by atoms with Gasteiger partial charge in [0, 0.05) is 17.1 Å². The Balaban J connectivity index is 1.83. The molecule has 1 atom stereocenters. The number of aliphatic hydroxyl groups excluding tert-OH is 1. The number of hydrogen-bond donors (Lipinski definition) is 1. The molecule has 1 aromatic carbocycles. The lowest BCUT2D eigenvalue weighted by atomic mass is 9.83. The number of carbonyl (C=O) groups excluding carboxylic acids is 1. The van der Waals surface area contributed by atoms with Gasteiger partial charge in [0.2, 0.25) is 0 Å². The molecule has 3 nitrogen and oxygen atoms in total. The van der Waals surface area contributed by atoms with E-state index < -0.39 is 6.10 Å². The number of carbonyl (C=O) groups is 1. The molecule has 0 spiro atoms. The molecule has 1 aliphatic carbocycles. The molecular weight excluding hydrogens is 250 g/mol. The van der Waals surface area contributed by atoms with Gasteiger partial charge in [-0.3, -0.25) is 9.78 Å². The maximum Gasteiger partial charge on any atom is 0.193 e. The number of para-hydroxylation sites is 1. The lowest BCUT2D eigenvalue weighted by Crippen LogP contribution is -2.31. The Hall–Kier alpha value is -1.74. The highest BCUT2D eigenvalue weighted by atomic mass is 16.3. The van der Waals surface area contributed by atoms with Crippen LogP contribution in [-0.2, 0) is 0 Å². The van der Waals surface area contributed by atoms with E-state index in [1.54, 1.807) is 6.20 Å². The van der Waals surface area contributed by atoms with Crippen molar-refractivity contribution < 1.29 is 9.90 Å². The zero-order valence-electron chi connectivity index (χ0n) is 11.5. The van der Waals surface area contributed by atoms with Gasteiger partial charge < -0.3 is 5.11 Å². The summed E-state index contributed by atoms with van der Waals surface area (Å²) in [5.41, 5.74) is 1.39. The van der Waals surface area contributed by atoms with Gasteiger partial charge in [-0.25, -0.2) is 0 Å². The maximum absolute atomic E-state index is 12.4. The fraction of sp³-hybridized carbons (Fsp3) is 0.412. The number of rotatable bonds is 3. The van der Waals surface area contributed by atoms with Gasteiger partial charge in [0.05, 0.1) is 5.52 Å². The number of benzene rings is 1. The molecule has 1 saturated carbocycles. The van der Waals surface area contributed by atoms with Gasteiger partial charge in [-0.05, 0) is 30.9 Å². The van der Waals surface area contributed by atoms with Crippen LogP contribution >= 0.6 is 0 Å². The van der Waals surface area contributed by atoms with Crippen molar-refractivity contribution in [2.75, 3.05) is 0 Å². The third-order valence-electron chi connectivity index (χ3n) is 4.24. The molecule has 0 saturated heterocycles. The topological polar surface area (TPSA) is 50.2 Å². The van der Waals surface area contributed by atoms with Crippen molar-refractivity contribution in [2.24, 2.45) is 5.92 Å². The fourth-order valence-electron chi connectivity index (χ4n) is 3.04. The quantitative estimate of drug-likeness (QED) is 0.869. The van der Waals surface area contributed by atoms with E-state index in [1.165, 1.54) is 6.42 Å². The molecule has 1 unspecified atom stereocenters. The summed E-state index contributed by atoms with van der Waals surface area (Å²) in [6.07, 6.45) is 6.06. The van der Waals surface area contributed by atoms with E-state index in [9.17, 15) is 9.90 Å². The Labute approximate surface area is 118 Å². The van der Waals surface area contributed by atoms with Crippen molar-refractivity contribution in [3.63, 3.8) is 0 Å². The summed E-state index contributed by atoms with van der Waals surface area (Å²) in [4.78, 5) is 16.7. The summed E-state index contributed by atoms with van der Waals surface area (Å²) in [6.45, 7) is 0. The second-order valence-corrected chi connectivity index (χ2v) is 5.62. The molecule has 1 aromatic heterocycles. The second kappa shape index (κ2) is 5.71. The highest BCUT2D eigenvalue weighted by Crippen LogP contribution is 2.28. The first kappa shape index (κ1) is 13.3. The molecule has 3 heteroatoms. The summed E-state index contributed by atoms with van der Waals surface area (Å²) in [6, 6.07) is 9.54. The number of Topliss-reactive ketones (excluding diaryl/α,β-unsaturated/α-hetero) is 1. The maximum atomic E-state index is 12.4. The average molecular weight is 269 g/mol.